The third-order valence-corrected chi connectivity index (χ3v) is 4.21. The highest BCUT2D eigenvalue weighted by atomic mass is 16.6. The standard InChI is InChI=1S/C20H25N3O6/c1-4-28-17-9-7-15(12-18(17)29-5-2)10-11-21-19(24)13-22-14(3)6-8-16(20(22)25)23(26)27/h6-9,12H,4-5,10-11,13H2,1-3H3,(H,21,24). The maximum absolute atomic E-state index is 12.2. The summed E-state index contributed by atoms with van der Waals surface area (Å²) < 4.78 is 12.2. The van der Waals surface area contributed by atoms with Crippen LogP contribution >= 0.6 is 0 Å². The number of hydrogen-bond donors (Lipinski definition) is 1. The molecule has 1 aromatic heterocycles. The number of nitrogens with one attached hydrogen (secondary N) is 1. The summed E-state index contributed by atoms with van der Waals surface area (Å²) >= 11 is 0. The van der Waals surface area contributed by atoms with Crippen LogP contribution < -0.4 is 20.3 Å². The average molecular weight is 403 g/mol. The maximum atomic E-state index is 12.2. The Hall–Kier alpha value is -3.36. The van der Waals surface area contributed by atoms with Gasteiger partial charge in [0, 0.05) is 18.3 Å². The van der Waals surface area contributed by atoms with Gasteiger partial charge in [-0.25, -0.2) is 0 Å². The summed E-state index contributed by atoms with van der Waals surface area (Å²) in [5, 5.41) is 13.6. The van der Waals surface area contributed by atoms with Crippen molar-refractivity contribution < 1.29 is 19.2 Å². The Kier molecular flexibility index (Phi) is 7.76. The van der Waals surface area contributed by atoms with Crippen LogP contribution in [0.15, 0.2) is 35.1 Å². The second kappa shape index (κ2) is 10.3. The van der Waals surface area contributed by atoms with Crippen molar-refractivity contribution in [1.82, 2.24) is 9.88 Å². The van der Waals surface area contributed by atoms with Gasteiger partial charge in [0.1, 0.15) is 6.54 Å². The van der Waals surface area contributed by atoms with Crippen molar-refractivity contribution in [3.63, 3.8) is 0 Å². The average Bonchev–Trinajstić information content (AvgIpc) is 2.67. The number of aromatic nitrogens is 1. The Labute approximate surface area is 168 Å². The van der Waals surface area contributed by atoms with Gasteiger partial charge in [-0.1, -0.05) is 6.07 Å². The lowest BCUT2D eigenvalue weighted by molar-refractivity contribution is -0.386. The molecule has 0 saturated carbocycles. The molecule has 0 fully saturated rings. The van der Waals surface area contributed by atoms with E-state index in [0.717, 1.165) is 16.2 Å². The second-order valence-corrected chi connectivity index (χ2v) is 6.26. The molecule has 9 nitrogen and oxygen atoms in total. The zero-order valence-corrected chi connectivity index (χ0v) is 16.8. The van der Waals surface area contributed by atoms with Gasteiger partial charge in [0.2, 0.25) is 5.91 Å². The summed E-state index contributed by atoms with van der Waals surface area (Å²) in [5.74, 6) is 0.922. The summed E-state index contributed by atoms with van der Waals surface area (Å²) in [6, 6.07) is 8.19. The molecule has 156 valence electrons. The van der Waals surface area contributed by atoms with E-state index in [1.165, 1.54) is 6.07 Å². The lowest BCUT2D eigenvalue weighted by atomic mass is 10.1. The number of benzene rings is 1. The molecule has 29 heavy (non-hydrogen) atoms. The molecule has 0 spiro atoms. The normalized spacial score (nSPS) is 10.4. The van der Waals surface area contributed by atoms with Crippen molar-refractivity contribution in [2.24, 2.45) is 0 Å². The van der Waals surface area contributed by atoms with Crippen LogP contribution in [0.25, 0.3) is 0 Å². The monoisotopic (exact) mass is 403 g/mol. The molecule has 1 aromatic carbocycles. The lowest BCUT2D eigenvalue weighted by Gasteiger charge is -2.13. The molecule has 2 aromatic rings. The number of rotatable bonds is 10. The largest absolute Gasteiger partial charge is 0.490 e. The third kappa shape index (κ3) is 5.81. The molecule has 0 atom stereocenters. The predicted molar refractivity (Wildman–Crippen MR) is 108 cm³/mol. The molecular formula is C20H25N3O6. The van der Waals surface area contributed by atoms with Crippen molar-refractivity contribution in [3.05, 3.63) is 62.1 Å². The van der Waals surface area contributed by atoms with Crippen LogP contribution in [0.5, 0.6) is 11.5 Å². The minimum Gasteiger partial charge on any atom is -0.490 e. The molecule has 0 radical (unpaired) electrons. The summed E-state index contributed by atoms with van der Waals surface area (Å²) in [6.07, 6.45) is 0.557. The Morgan fingerprint density at radius 3 is 2.48 bits per heavy atom. The highest BCUT2D eigenvalue weighted by Gasteiger charge is 2.17. The quantitative estimate of drug-likeness (QED) is 0.481. The highest BCUT2D eigenvalue weighted by molar-refractivity contribution is 5.75. The summed E-state index contributed by atoms with van der Waals surface area (Å²) in [7, 11) is 0. The first-order valence-corrected chi connectivity index (χ1v) is 9.37. The van der Waals surface area contributed by atoms with Gasteiger partial charge in [0.15, 0.2) is 11.5 Å². The first-order chi connectivity index (χ1) is 13.9. The van der Waals surface area contributed by atoms with Crippen LogP contribution in [-0.2, 0) is 17.8 Å². The van der Waals surface area contributed by atoms with Gasteiger partial charge < -0.3 is 14.8 Å². The van der Waals surface area contributed by atoms with E-state index in [9.17, 15) is 19.7 Å². The topological polar surface area (TPSA) is 113 Å². The van der Waals surface area contributed by atoms with Crippen LogP contribution in [0.1, 0.15) is 25.1 Å². The van der Waals surface area contributed by atoms with E-state index in [2.05, 4.69) is 5.32 Å². The lowest BCUT2D eigenvalue weighted by Crippen LogP contribution is -2.34. The van der Waals surface area contributed by atoms with Gasteiger partial charge in [0.25, 0.3) is 0 Å². The Bertz CT molecular complexity index is 938. The van der Waals surface area contributed by atoms with Gasteiger partial charge in [-0.05, 0) is 51.0 Å². The van der Waals surface area contributed by atoms with Crippen molar-refractivity contribution >= 4 is 11.6 Å². The van der Waals surface area contributed by atoms with Gasteiger partial charge in [0.05, 0.1) is 18.1 Å². The maximum Gasteiger partial charge on any atom is 0.334 e. The number of nitrogens with zero attached hydrogens (tertiary/aromatic N) is 2. The fourth-order valence-corrected chi connectivity index (χ4v) is 2.79. The fourth-order valence-electron chi connectivity index (χ4n) is 2.79. The van der Waals surface area contributed by atoms with Gasteiger partial charge in [-0.15, -0.1) is 0 Å². The fraction of sp³-hybridized carbons (Fsp3) is 0.400. The zero-order chi connectivity index (χ0) is 21.4. The van der Waals surface area contributed by atoms with Crippen molar-refractivity contribution in [1.29, 1.82) is 0 Å². The number of ether oxygens (including phenoxy) is 2. The van der Waals surface area contributed by atoms with E-state index in [0.29, 0.717) is 43.4 Å². The molecule has 1 amide bonds. The molecule has 0 unspecified atom stereocenters. The predicted octanol–water partition coefficient (Wildman–Crippen LogP) is 2.22. The molecule has 0 aliphatic heterocycles. The van der Waals surface area contributed by atoms with Crippen molar-refractivity contribution in [2.75, 3.05) is 19.8 Å². The molecule has 9 heteroatoms. The summed E-state index contributed by atoms with van der Waals surface area (Å²) in [6.45, 7) is 6.52. The van der Waals surface area contributed by atoms with E-state index < -0.39 is 22.1 Å². The smallest absolute Gasteiger partial charge is 0.334 e. The van der Waals surface area contributed by atoms with E-state index in [1.807, 2.05) is 32.0 Å². The van der Waals surface area contributed by atoms with E-state index in [4.69, 9.17) is 9.47 Å². The van der Waals surface area contributed by atoms with Crippen molar-refractivity contribution in [3.8, 4) is 11.5 Å². The number of carbonyl (C=O) groups excluding carboxylic acids is 1. The number of aryl methyl sites for hydroxylation is 1. The Morgan fingerprint density at radius 2 is 1.83 bits per heavy atom. The number of carbonyl (C=O) groups is 1. The second-order valence-electron chi connectivity index (χ2n) is 6.26. The first kappa shape index (κ1) is 21.9. The van der Waals surface area contributed by atoms with Crippen LogP contribution in [0, 0.1) is 17.0 Å². The number of hydrogen-bond acceptors (Lipinski definition) is 6. The number of amides is 1. The SMILES string of the molecule is CCOc1ccc(CCNC(=O)Cn2c(C)ccc([N+](=O)[O-])c2=O)cc1OCC. The van der Waals surface area contributed by atoms with Crippen LogP contribution in [0.4, 0.5) is 5.69 Å². The van der Waals surface area contributed by atoms with Crippen molar-refractivity contribution in [2.45, 2.75) is 33.7 Å². The molecule has 2 rings (SSSR count). The minimum atomic E-state index is -0.794. The van der Waals surface area contributed by atoms with Crippen LogP contribution in [0.2, 0.25) is 0 Å². The number of nitro groups is 1. The van der Waals surface area contributed by atoms with Crippen LogP contribution in [-0.4, -0.2) is 35.2 Å². The van der Waals surface area contributed by atoms with Gasteiger partial charge >= 0.3 is 11.2 Å². The van der Waals surface area contributed by atoms with Gasteiger partial charge in [-0.3, -0.25) is 24.3 Å². The Balaban J connectivity index is 1.99. The molecular weight excluding hydrogens is 378 g/mol. The summed E-state index contributed by atoms with van der Waals surface area (Å²) in [5.41, 5.74) is 0.0868. The summed E-state index contributed by atoms with van der Waals surface area (Å²) in [4.78, 5) is 34.5. The molecule has 0 aliphatic carbocycles. The molecule has 0 aliphatic rings. The highest BCUT2D eigenvalue weighted by Crippen LogP contribution is 2.28. The first-order valence-electron chi connectivity index (χ1n) is 9.37. The van der Waals surface area contributed by atoms with Gasteiger partial charge in [-0.2, -0.15) is 0 Å². The van der Waals surface area contributed by atoms with E-state index >= 15 is 0 Å². The van der Waals surface area contributed by atoms with E-state index in [1.54, 1.807) is 6.92 Å². The molecule has 0 saturated heterocycles. The van der Waals surface area contributed by atoms with Crippen LogP contribution in [0.3, 0.4) is 0 Å². The third-order valence-electron chi connectivity index (χ3n) is 4.21. The number of pyridine rings is 1. The van der Waals surface area contributed by atoms with E-state index in [-0.39, 0.29) is 6.54 Å². The minimum absolute atomic E-state index is 0.278. The molecule has 1 heterocycles. The molecule has 0 bridgehead atoms. The molecule has 1 N–H and O–H groups in total. The zero-order valence-electron chi connectivity index (χ0n) is 16.8. The Morgan fingerprint density at radius 1 is 1.14 bits per heavy atom.